The molecule has 1 aromatic rings. The minimum Gasteiger partial charge on any atom is -0.324 e. The first kappa shape index (κ1) is 15.9. The molecule has 2 atom stereocenters. The summed E-state index contributed by atoms with van der Waals surface area (Å²) in [6.07, 6.45) is 1.67. The van der Waals surface area contributed by atoms with Crippen LogP contribution in [0.4, 0.5) is 5.69 Å². The number of anilines is 1. The monoisotopic (exact) mass is 282 g/mol. The lowest BCUT2D eigenvalue weighted by Gasteiger charge is -2.17. The van der Waals surface area contributed by atoms with Gasteiger partial charge in [-0.05, 0) is 30.0 Å². The van der Waals surface area contributed by atoms with E-state index < -0.39 is 16.8 Å². The van der Waals surface area contributed by atoms with Crippen molar-refractivity contribution in [2.24, 2.45) is 11.7 Å². The van der Waals surface area contributed by atoms with Gasteiger partial charge in [0, 0.05) is 28.5 Å². The Morgan fingerprint density at radius 3 is 2.58 bits per heavy atom. The van der Waals surface area contributed by atoms with Gasteiger partial charge in [0.05, 0.1) is 6.04 Å². The summed E-state index contributed by atoms with van der Waals surface area (Å²) < 4.78 is 11.3. The van der Waals surface area contributed by atoms with Crippen LogP contribution in [-0.2, 0) is 21.3 Å². The lowest BCUT2D eigenvalue weighted by atomic mass is 10.0. The smallest absolute Gasteiger partial charge is 0.241 e. The molecule has 0 spiro atoms. The fourth-order valence-electron chi connectivity index (χ4n) is 1.71. The third-order valence-corrected chi connectivity index (χ3v) is 3.80. The zero-order valence-corrected chi connectivity index (χ0v) is 12.7. The van der Waals surface area contributed by atoms with E-state index in [4.69, 9.17) is 5.73 Å². The highest BCUT2D eigenvalue weighted by Gasteiger charge is 2.18. The maximum Gasteiger partial charge on any atom is 0.241 e. The Kier molecular flexibility index (Phi) is 5.69. The molecule has 0 aromatic heterocycles. The van der Waals surface area contributed by atoms with Crippen molar-refractivity contribution in [1.29, 1.82) is 0 Å². The lowest BCUT2D eigenvalue weighted by molar-refractivity contribution is -0.118. The third kappa shape index (κ3) is 4.44. The van der Waals surface area contributed by atoms with Crippen molar-refractivity contribution in [2.75, 3.05) is 11.6 Å². The molecule has 19 heavy (non-hydrogen) atoms. The minimum absolute atomic E-state index is 0.0895. The minimum atomic E-state index is -0.901. The summed E-state index contributed by atoms with van der Waals surface area (Å²) in [5.41, 5.74) is 8.49. The molecular formula is C14H22N2O2S. The topological polar surface area (TPSA) is 72.2 Å². The van der Waals surface area contributed by atoms with E-state index in [0.29, 0.717) is 5.75 Å². The molecule has 1 amide bonds. The van der Waals surface area contributed by atoms with Gasteiger partial charge in [0.1, 0.15) is 0 Å². The summed E-state index contributed by atoms with van der Waals surface area (Å²) in [6.45, 7) is 5.74. The second kappa shape index (κ2) is 6.82. The van der Waals surface area contributed by atoms with E-state index >= 15 is 0 Å². The molecule has 1 rings (SSSR count). The Morgan fingerprint density at radius 2 is 2.05 bits per heavy atom. The average Bonchev–Trinajstić information content (AvgIpc) is 2.32. The zero-order chi connectivity index (χ0) is 14.6. The highest BCUT2D eigenvalue weighted by molar-refractivity contribution is 7.83. The molecule has 0 saturated carbocycles. The van der Waals surface area contributed by atoms with Crippen molar-refractivity contribution in [3.05, 3.63) is 29.3 Å². The van der Waals surface area contributed by atoms with Crippen LogP contribution < -0.4 is 11.1 Å². The quantitative estimate of drug-likeness (QED) is 0.865. The molecule has 5 heteroatoms. The predicted molar refractivity (Wildman–Crippen MR) is 80.4 cm³/mol. The molecule has 0 radical (unpaired) electrons. The SMILES string of the molecule is Cc1c(CS(C)=O)cccc1NC(=O)[C@@H](N)C(C)C. The van der Waals surface area contributed by atoms with Crippen LogP contribution in [0.5, 0.6) is 0 Å². The fourth-order valence-corrected chi connectivity index (χ4v) is 2.46. The molecule has 1 unspecified atom stereocenters. The van der Waals surface area contributed by atoms with Crippen molar-refractivity contribution in [1.82, 2.24) is 0 Å². The van der Waals surface area contributed by atoms with Crippen LogP contribution in [0.3, 0.4) is 0 Å². The van der Waals surface area contributed by atoms with Crippen molar-refractivity contribution >= 4 is 22.4 Å². The highest BCUT2D eigenvalue weighted by atomic mass is 32.2. The van der Waals surface area contributed by atoms with Crippen LogP contribution in [-0.4, -0.2) is 22.4 Å². The first-order valence-corrected chi connectivity index (χ1v) is 8.00. The van der Waals surface area contributed by atoms with Gasteiger partial charge in [-0.15, -0.1) is 0 Å². The first-order valence-electron chi connectivity index (χ1n) is 6.28. The predicted octanol–water partition coefficient (Wildman–Crippen LogP) is 1.80. The molecule has 106 valence electrons. The third-order valence-electron chi connectivity index (χ3n) is 3.08. The van der Waals surface area contributed by atoms with Crippen molar-refractivity contribution in [3.63, 3.8) is 0 Å². The average molecular weight is 282 g/mol. The molecule has 4 nitrogen and oxygen atoms in total. The van der Waals surface area contributed by atoms with Gasteiger partial charge in [-0.2, -0.15) is 0 Å². The molecule has 0 bridgehead atoms. The summed E-state index contributed by atoms with van der Waals surface area (Å²) in [5.74, 6) is 0.394. The fraction of sp³-hybridized carbons (Fsp3) is 0.500. The normalized spacial score (nSPS) is 14.2. The highest BCUT2D eigenvalue weighted by Crippen LogP contribution is 2.20. The zero-order valence-electron chi connectivity index (χ0n) is 11.9. The van der Waals surface area contributed by atoms with Crippen LogP contribution in [0, 0.1) is 12.8 Å². The largest absolute Gasteiger partial charge is 0.324 e. The van der Waals surface area contributed by atoms with Gasteiger partial charge < -0.3 is 11.1 Å². The number of hydrogen-bond acceptors (Lipinski definition) is 3. The van der Waals surface area contributed by atoms with E-state index in [-0.39, 0.29) is 11.8 Å². The van der Waals surface area contributed by atoms with E-state index in [1.165, 1.54) is 0 Å². The van der Waals surface area contributed by atoms with Crippen LogP contribution >= 0.6 is 0 Å². The number of nitrogens with two attached hydrogens (primary N) is 1. The Bertz CT molecular complexity index is 486. The molecule has 0 aliphatic carbocycles. The van der Waals surface area contributed by atoms with Crippen molar-refractivity contribution in [3.8, 4) is 0 Å². The Hall–Kier alpha value is -1.20. The van der Waals surface area contributed by atoms with E-state index in [2.05, 4.69) is 5.32 Å². The van der Waals surface area contributed by atoms with E-state index in [0.717, 1.165) is 16.8 Å². The summed E-state index contributed by atoms with van der Waals surface area (Å²) in [6, 6.07) is 5.09. The number of hydrogen-bond donors (Lipinski definition) is 2. The van der Waals surface area contributed by atoms with Gasteiger partial charge in [-0.25, -0.2) is 0 Å². The van der Waals surface area contributed by atoms with Crippen molar-refractivity contribution < 1.29 is 9.00 Å². The molecule has 3 N–H and O–H groups in total. The number of benzene rings is 1. The summed E-state index contributed by atoms with van der Waals surface area (Å²) in [7, 11) is -0.901. The second-order valence-electron chi connectivity index (χ2n) is 5.07. The van der Waals surface area contributed by atoms with Gasteiger partial charge >= 0.3 is 0 Å². The number of carbonyl (C=O) groups is 1. The summed E-state index contributed by atoms with van der Waals surface area (Å²) in [4.78, 5) is 11.9. The molecule has 0 saturated heterocycles. The van der Waals surface area contributed by atoms with Crippen molar-refractivity contribution in [2.45, 2.75) is 32.6 Å². The molecule has 0 fully saturated rings. The number of amides is 1. The maximum atomic E-state index is 11.9. The first-order chi connectivity index (χ1) is 8.82. The molecule has 0 aliphatic rings. The lowest BCUT2D eigenvalue weighted by Crippen LogP contribution is -2.39. The standard InChI is InChI=1S/C14H22N2O2S/c1-9(2)13(15)14(17)16-12-7-5-6-11(10(12)3)8-19(4)18/h5-7,9,13H,8,15H2,1-4H3,(H,16,17)/t13-,19?/m0/s1. The second-order valence-corrected chi connectivity index (χ2v) is 6.50. The van der Waals surface area contributed by atoms with Gasteiger partial charge in [0.25, 0.3) is 0 Å². The Labute approximate surface area is 117 Å². The molecule has 0 aliphatic heterocycles. The Morgan fingerprint density at radius 1 is 1.42 bits per heavy atom. The number of nitrogens with one attached hydrogen (secondary N) is 1. The Balaban J connectivity index is 2.90. The van der Waals surface area contributed by atoms with Gasteiger partial charge in [-0.1, -0.05) is 26.0 Å². The van der Waals surface area contributed by atoms with Crippen LogP contribution in [0.1, 0.15) is 25.0 Å². The van der Waals surface area contributed by atoms with Gasteiger partial charge in [0.2, 0.25) is 5.91 Å². The number of carbonyl (C=O) groups excluding carboxylic acids is 1. The summed E-state index contributed by atoms with van der Waals surface area (Å²) >= 11 is 0. The van der Waals surface area contributed by atoms with Gasteiger partial charge in [-0.3, -0.25) is 9.00 Å². The number of rotatable bonds is 5. The van der Waals surface area contributed by atoms with E-state index in [1.807, 2.05) is 39.0 Å². The molecule has 0 heterocycles. The maximum absolute atomic E-state index is 11.9. The van der Waals surface area contributed by atoms with E-state index in [1.54, 1.807) is 6.26 Å². The summed E-state index contributed by atoms with van der Waals surface area (Å²) in [5, 5.41) is 2.84. The molecule has 1 aromatic carbocycles. The van der Waals surface area contributed by atoms with E-state index in [9.17, 15) is 9.00 Å². The van der Waals surface area contributed by atoms with Crippen LogP contribution in [0.15, 0.2) is 18.2 Å². The van der Waals surface area contributed by atoms with Crippen LogP contribution in [0.2, 0.25) is 0 Å². The van der Waals surface area contributed by atoms with Gasteiger partial charge in [0.15, 0.2) is 0 Å². The van der Waals surface area contributed by atoms with Crippen LogP contribution in [0.25, 0.3) is 0 Å². The molecular weight excluding hydrogens is 260 g/mol.